The molecule has 0 unspecified atom stereocenters. The predicted octanol–water partition coefficient (Wildman–Crippen LogP) is 2.95. The molecule has 3 nitrogen and oxygen atoms in total. The number of aryl methyl sites for hydroxylation is 1. The Kier molecular flexibility index (Phi) is 1.95. The summed E-state index contributed by atoms with van der Waals surface area (Å²) in [4.78, 5) is 4.62. The SMILES string of the molecule is Cn1[nH]c(C23CC4CC(CC(C4)C2)C3)nc1=S. The lowest BCUT2D eigenvalue weighted by atomic mass is 9.49. The van der Waals surface area contributed by atoms with Gasteiger partial charge in [0.1, 0.15) is 5.82 Å². The Labute approximate surface area is 107 Å². The van der Waals surface area contributed by atoms with Crippen LogP contribution < -0.4 is 0 Å². The van der Waals surface area contributed by atoms with Gasteiger partial charge in [0, 0.05) is 12.5 Å². The lowest BCUT2D eigenvalue weighted by Crippen LogP contribution is -2.49. The monoisotopic (exact) mass is 249 g/mol. The average Bonchev–Trinajstić information content (AvgIpc) is 2.58. The lowest BCUT2D eigenvalue weighted by molar-refractivity contribution is -0.00941. The maximum atomic E-state index is 5.25. The van der Waals surface area contributed by atoms with Gasteiger partial charge in [-0.3, -0.25) is 9.78 Å². The van der Waals surface area contributed by atoms with Crippen molar-refractivity contribution in [3.8, 4) is 0 Å². The molecular weight excluding hydrogens is 230 g/mol. The molecule has 4 heteroatoms. The highest BCUT2D eigenvalue weighted by Gasteiger charge is 2.53. The highest BCUT2D eigenvalue weighted by Crippen LogP contribution is 2.60. The molecule has 0 spiro atoms. The molecule has 0 amide bonds. The van der Waals surface area contributed by atoms with Crippen LogP contribution in [0.15, 0.2) is 0 Å². The third-order valence-electron chi connectivity index (χ3n) is 5.31. The molecule has 1 aromatic rings. The van der Waals surface area contributed by atoms with E-state index >= 15 is 0 Å². The zero-order valence-corrected chi connectivity index (χ0v) is 11.1. The van der Waals surface area contributed by atoms with Gasteiger partial charge < -0.3 is 0 Å². The van der Waals surface area contributed by atoms with Gasteiger partial charge in [0.25, 0.3) is 0 Å². The molecule has 1 heterocycles. The second kappa shape index (κ2) is 3.22. The largest absolute Gasteiger partial charge is 0.283 e. The second-order valence-electron chi connectivity index (χ2n) is 6.61. The summed E-state index contributed by atoms with van der Waals surface area (Å²) < 4.78 is 2.60. The standard InChI is InChI=1S/C13H19N3S/c1-16-12(17)14-11(15-16)13-5-8-2-9(6-13)4-10(3-8)7-13/h8-10H,2-7H2,1H3,(H,14,15,17). The van der Waals surface area contributed by atoms with E-state index in [2.05, 4.69) is 10.1 Å². The van der Waals surface area contributed by atoms with Gasteiger partial charge in [-0.2, -0.15) is 0 Å². The van der Waals surface area contributed by atoms with E-state index in [-0.39, 0.29) is 0 Å². The van der Waals surface area contributed by atoms with Crippen LogP contribution in [-0.2, 0) is 12.5 Å². The Balaban J connectivity index is 1.79. The number of aromatic amines is 1. The number of hydrogen-bond acceptors (Lipinski definition) is 2. The van der Waals surface area contributed by atoms with E-state index < -0.39 is 0 Å². The molecular formula is C13H19N3S. The van der Waals surface area contributed by atoms with Crippen LogP contribution in [0.4, 0.5) is 0 Å². The van der Waals surface area contributed by atoms with E-state index in [1.54, 1.807) is 0 Å². The van der Waals surface area contributed by atoms with Crippen molar-refractivity contribution >= 4 is 12.2 Å². The third-order valence-corrected chi connectivity index (χ3v) is 5.67. The Bertz CT molecular complexity index is 478. The molecule has 0 aromatic carbocycles. The first-order valence-electron chi connectivity index (χ1n) is 6.78. The van der Waals surface area contributed by atoms with Gasteiger partial charge in [-0.1, -0.05) is 0 Å². The van der Waals surface area contributed by atoms with E-state index in [4.69, 9.17) is 12.2 Å². The number of nitrogens with one attached hydrogen (secondary N) is 1. The second-order valence-corrected chi connectivity index (χ2v) is 6.98. The molecule has 4 saturated carbocycles. The van der Waals surface area contributed by atoms with Crippen LogP contribution in [0.1, 0.15) is 44.3 Å². The Morgan fingerprint density at radius 2 is 1.71 bits per heavy atom. The highest BCUT2D eigenvalue weighted by atomic mass is 32.1. The van der Waals surface area contributed by atoms with E-state index in [0.29, 0.717) is 10.2 Å². The molecule has 92 valence electrons. The van der Waals surface area contributed by atoms with Crippen molar-refractivity contribution in [2.24, 2.45) is 24.8 Å². The fraction of sp³-hybridized carbons (Fsp3) is 0.846. The Morgan fingerprint density at radius 3 is 2.12 bits per heavy atom. The first kappa shape index (κ1) is 10.3. The molecule has 4 aliphatic carbocycles. The summed E-state index contributed by atoms with van der Waals surface area (Å²) in [5, 5.41) is 3.40. The van der Waals surface area contributed by atoms with Gasteiger partial charge >= 0.3 is 0 Å². The van der Waals surface area contributed by atoms with Gasteiger partial charge in [-0.05, 0) is 68.5 Å². The molecule has 5 rings (SSSR count). The van der Waals surface area contributed by atoms with Gasteiger partial charge in [0.05, 0.1) is 0 Å². The number of H-pyrrole nitrogens is 1. The van der Waals surface area contributed by atoms with Crippen molar-refractivity contribution < 1.29 is 0 Å². The lowest BCUT2D eigenvalue weighted by Gasteiger charge is -2.55. The number of hydrogen-bond donors (Lipinski definition) is 1. The number of nitrogens with zero attached hydrogens (tertiary/aromatic N) is 2. The molecule has 17 heavy (non-hydrogen) atoms. The fourth-order valence-electron chi connectivity index (χ4n) is 5.04. The van der Waals surface area contributed by atoms with Crippen LogP contribution in [0.3, 0.4) is 0 Å². The van der Waals surface area contributed by atoms with Crippen molar-refractivity contribution in [3.05, 3.63) is 10.6 Å². The van der Waals surface area contributed by atoms with Gasteiger partial charge in [0.15, 0.2) is 0 Å². The third kappa shape index (κ3) is 1.39. The van der Waals surface area contributed by atoms with E-state index in [0.717, 1.165) is 17.8 Å². The topological polar surface area (TPSA) is 33.6 Å². The molecule has 0 aliphatic heterocycles. The Hall–Kier alpha value is -0.640. The first-order chi connectivity index (χ1) is 8.14. The maximum Gasteiger partial charge on any atom is 0.215 e. The predicted molar refractivity (Wildman–Crippen MR) is 68.2 cm³/mol. The molecule has 1 aromatic heterocycles. The number of rotatable bonds is 1. The maximum absolute atomic E-state index is 5.25. The first-order valence-corrected chi connectivity index (χ1v) is 7.19. The Morgan fingerprint density at radius 1 is 1.18 bits per heavy atom. The molecule has 4 aliphatic rings. The van der Waals surface area contributed by atoms with Crippen LogP contribution in [0.2, 0.25) is 0 Å². The van der Waals surface area contributed by atoms with Crippen molar-refractivity contribution in [2.45, 2.75) is 43.9 Å². The molecule has 0 atom stereocenters. The fourth-order valence-corrected chi connectivity index (χ4v) is 5.18. The van der Waals surface area contributed by atoms with Crippen molar-refractivity contribution in [1.29, 1.82) is 0 Å². The number of aromatic nitrogens is 3. The smallest absolute Gasteiger partial charge is 0.215 e. The van der Waals surface area contributed by atoms with Crippen molar-refractivity contribution in [2.75, 3.05) is 0 Å². The minimum Gasteiger partial charge on any atom is -0.283 e. The summed E-state index contributed by atoms with van der Waals surface area (Å²) in [6.45, 7) is 0. The summed E-state index contributed by atoms with van der Waals surface area (Å²) in [6, 6.07) is 0. The van der Waals surface area contributed by atoms with Crippen LogP contribution in [0, 0.1) is 22.5 Å². The average molecular weight is 249 g/mol. The zero-order valence-electron chi connectivity index (χ0n) is 10.3. The summed E-state index contributed by atoms with van der Waals surface area (Å²) in [5.41, 5.74) is 0.351. The van der Waals surface area contributed by atoms with Gasteiger partial charge in [-0.15, -0.1) is 0 Å². The molecule has 1 N–H and O–H groups in total. The zero-order chi connectivity index (χ0) is 11.6. The molecule has 4 fully saturated rings. The summed E-state index contributed by atoms with van der Waals surface area (Å²) >= 11 is 5.25. The van der Waals surface area contributed by atoms with E-state index in [1.807, 2.05) is 11.7 Å². The summed E-state index contributed by atoms with van der Waals surface area (Å²) in [5.74, 6) is 4.07. The van der Waals surface area contributed by atoms with Crippen LogP contribution in [0.5, 0.6) is 0 Å². The highest BCUT2D eigenvalue weighted by molar-refractivity contribution is 7.71. The van der Waals surface area contributed by atoms with Crippen LogP contribution in [-0.4, -0.2) is 14.8 Å². The molecule has 0 radical (unpaired) electrons. The quantitative estimate of drug-likeness (QED) is 0.776. The molecule has 4 bridgehead atoms. The van der Waals surface area contributed by atoms with Crippen molar-refractivity contribution in [3.63, 3.8) is 0 Å². The van der Waals surface area contributed by atoms with Gasteiger partial charge in [-0.25, -0.2) is 4.98 Å². The van der Waals surface area contributed by atoms with Crippen LogP contribution in [0.25, 0.3) is 0 Å². The summed E-state index contributed by atoms with van der Waals surface area (Å²) in [7, 11) is 1.97. The van der Waals surface area contributed by atoms with Crippen LogP contribution >= 0.6 is 12.2 Å². The minimum absolute atomic E-state index is 0.351. The molecule has 0 saturated heterocycles. The van der Waals surface area contributed by atoms with Gasteiger partial charge in [0.2, 0.25) is 4.77 Å². The van der Waals surface area contributed by atoms with E-state index in [1.165, 1.54) is 44.3 Å². The normalized spacial score (nSPS) is 43.2. The summed E-state index contributed by atoms with van der Waals surface area (Å²) in [6.07, 6.45) is 8.48. The van der Waals surface area contributed by atoms with E-state index in [9.17, 15) is 0 Å². The minimum atomic E-state index is 0.351. The van der Waals surface area contributed by atoms with Crippen molar-refractivity contribution in [1.82, 2.24) is 14.8 Å².